The van der Waals surface area contributed by atoms with Crippen molar-refractivity contribution in [2.24, 2.45) is 4.99 Å². The van der Waals surface area contributed by atoms with Crippen LogP contribution in [0.25, 0.3) is 0 Å². The van der Waals surface area contributed by atoms with Gasteiger partial charge in [-0.3, -0.25) is 0 Å². The van der Waals surface area contributed by atoms with Gasteiger partial charge < -0.3 is 15.1 Å². The molecule has 1 aromatic carbocycles. The highest BCUT2D eigenvalue weighted by atomic mass is 127. The number of nitrogens with zero attached hydrogens (tertiary/aromatic N) is 2. The number of aromatic nitrogens is 1. The third kappa shape index (κ3) is 7.05. The van der Waals surface area contributed by atoms with Crippen molar-refractivity contribution >= 4 is 29.9 Å². The minimum Gasteiger partial charge on any atom is -0.444 e. The molecule has 0 saturated heterocycles. The Kier molecular flexibility index (Phi) is 9.55. The Labute approximate surface area is 167 Å². The Hall–Kier alpha value is -1.57. The Bertz CT molecular complexity index is 635. The summed E-state index contributed by atoms with van der Waals surface area (Å²) in [5, 5.41) is 6.64. The van der Waals surface area contributed by atoms with Crippen LogP contribution in [0.15, 0.2) is 39.7 Å². The minimum absolute atomic E-state index is 0. The molecule has 5 nitrogen and oxygen atoms in total. The van der Waals surface area contributed by atoms with E-state index in [9.17, 15) is 0 Å². The van der Waals surface area contributed by atoms with Crippen LogP contribution in [0.3, 0.4) is 0 Å². The Morgan fingerprint density at radius 2 is 1.92 bits per heavy atom. The van der Waals surface area contributed by atoms with Crippen molar-refractivity contribution in [2.45, 2.75) is 46.6 Å². The lowest BCUT2D eigenvalue weighted by atomic mass is 9.98. The van der Waals surface area contributed by atoms with E-state index in [0.717, 1.165) is 36.9 Å². The summed E-state index contributed by atoms with van der Waals surface area (Å²) in [6, 6.07) is 10.6. The summed E-state index contributed by atoms with van der Waals surface area (Å²) in [5.41, 5.74) is 2.29. The summed E-state index contributed by atoms with van der Waals surface area (Å²) in [4.78, 5) is 8.91. The van der Waals surface area contributed by atoms with Gasteiger partial charge >= 0.3 is 0 Å². The lowest BCUT2D eigenvalue weighted by Crippen LogP contribution is -2.38. The Morgan fingerprint density at radius 3 is 2.52 bits per heavy atom. The molecule has 0 aliphatic rings. The smallest absolute Gasteiger partial charge is 0.216 e. The fourth-order valence-corrected chi connectivity index (χ4v) is 2.45. The second-order valence-electron chi connectivity index (χ2n) is 5.97. The maximum absolute atomic E-state index is 5.57. The van der Waals surface area contributed by atoms with Crippen LogP contribution in [-0.4, -0.2) is 24.0 Å². The molecular weight excluding hydrogens is 427 g/mol. The number of hydrogen-bond acceptors (Lipinski definition) is 3. The van der Waals surface area contributed by atoms with Crippen molar-refractivity contribution in [3.8, 4) is 0 Å². The molecule has 1 aromatic heterocycles. The Morgan fingerprint density at radius 1 is 1.20 bits per heavy atom. The molecule has 0 spiro atoms. The molecule has 138 valence electrons. The van der Waals surface area contributed by atoms with Crippen molar-refractivity contribution in [1.82, 2.24) is 15.6 Å². The van der Waals surface area contributed by atoms with Crippen LogP contribution in [-0.2, 0) is 6.54 Å². The SMILES string of the molecule is CCNC(=NCc1nc(C)c(C)o1)NCCC(C)c1ccccc1.I. The first kappa shape index (κ1) is 21.5. The molecule has 0 aliphatic carbocycles. The van der Waals surface area contributed by atoms with Crippen molar-refractivity contribution in [1.29, 1.82) is 0 Å². The van der Waals surface area contributed by atoms with Gasteiger partial charge in [-0.05, 0) is 38.7 Å². The van der Waals surface area contributed by atoms with Gasteiger partial charge in [0.25, 0.3) is 0 Å². The zero-order chi connectivity index (χ0) is 17.4. The number of oxazole rings is 1. The number of guanidine groups is 1. The van der Waals surface area contributed by atoms with Crippen molar-refractivity contribution in [3.63, 3.8) is 0 Å². The van der Waals surface area contributed by atoms with Crippen molar-refractivity contribution < 1.29 is 4.42 Å². The summed E-state index contributed by atoms with van der Waals surface area (Å²) in [6.45, 7) is 10.3. The summed E-state index contributed by atoms with van der Waals surface area (Å²) < 4.78 is 5.57. The number of hydrogen-bond donors (Lipinski definition) is 2. The molecule has 2 rings (SSSR count). The van der Waals surface area contributed by atoms with E-state index in [1.165, 1.54) is 5.56 Å². The van der Waals surface area contributed by atoms with E-state index < -0.39 is 0 Å². The van der Waals surface area contributed by atoms with Gasteiger partial charge in [0.15, 0.2) is 5.96 Å². The molecule has 6 heteroatoms. The molecule has 0 bridgehead atoms. The van der Waals surface area contributed by atoms with Crippen LogP contribution in [0.5, 0.6) is 0 Å². The predicted octanol–water partition coefficient (Wildman–Crippen LogP) is 4.16. The molecule has 0 radical (unpaired) electrons. The molecule has 25 heavy (non-hydrogen) atoms. The van der Waals surface area contributed by atoms with Gasteiger partial charge in [-0.1, -0.05) is 37.3 Å². The van der Waals surface area contributed by atoms with Gasteiger partial charge in [-0.15, -0.1) is 24.0 Å². The topological polar surface area (TPSA) is 62.5 Å². The summed E-state index contributed by atoms with van der Waals surface area (Å²) in [5.74, 6) is 2.82. The first-order valence-corrected chi connectivity index (χ1v) is 8.60. The van der Waals surface area contributed by atoms with Crippen molar-refractivity contribution in [2.75, 3.05) is 13.1 Å². The highest BCUT2D eigenvalue weighted by Crippen LogP contribution is 2.17. The lowest BCUT2D eigenvalue weighted by Gasteiger charge is -2.14. The average Bonchev–Trinajstić information content (AvgIpc) is 2.91. The minimum atomic E-state index is 0. The Balaban J connectivity index is 0.00000312. The molecule has 1 heterocycles. The largest absolute Gasteiger partial charge is 0.444 e. The number of aryl methyl sites for hydroxylation is 2. The van der Waals surface area contributed by atoms with Gasteiger partial charge in [-0.2, -0.15) is 0 Å². The third-order valence-corrected chi connectivity index (χ3v) is 4.03. The second kappa shape index (κ2) is 11.1. The van der Waals surface area contributed by atoms with E-state index in [1.807, 2.05) is 13.8 Å². The summed E-state index contributed by atoms with van der Waals surface area (Å²) in [6.07, 6.45) is 1.05. The second-order valence-corrected chi connectivity index (χ2v) is 5.97. The highest BCUT2D eigenvalue weighted by Gasteiger charge is 2.07. The van der Waals surface area contributed by atoms with Crippen LogP contribution in [0, 0.1) is 13.8 Å². The molecule has 0 aliphatic heterocycles. The van der Waals surface area contributed by atoms with Crippen LogP contribution in [0.1, 0.15) is 49.1 Å². The fourth-order valence-electron chi connectivity index (χ4n) is 2.45. The molecule has 1 atom stereocenters. The van der Waals surface area contributed by atoms with E-state index in [1.54, 1.807) is 0 Å². The summed E-state index contributed by atoms with van der Waals surface area (Å²) >= 11 is 0. The van der Waals surface area contributed by atoms with E-state index in [-0.39, 0.29) is 24.0 Å². The van der Waals surface area contributed by atoms with Crippen molar-refractivity contribution in [3.05, 3.63) is 53.2 Å². The summed E-state index contributed by atoms with van der Waals surface area (Å²) in [7, 11) is 0. The molecule has 0 fully saturated rings. The number of halogens is 1. The monoisotopic (exact) mass is 456 g/mol. The van der Waals surface area contributed by atoms with Crippen LogP contribution in [0.2, 0.25) is 0 Å². The lowest BCUT2D eigenvalue weighted by molar-refractivity contribution is 0.472. The van der Waals surface area contributed by atoms with Gasteiger partial charge in [0.1, 0.15) is 12.3 Å². The quantitative estimate of drug-likeness (QED) is 0.373. The average molecular weight is 456 g/mol. The van der Waals surface area contributed by atoms with E-state index in [0.29, 0.717) is 18.4 Å². The maximum atomic E-state index is 5.57. The molecule has 2 N–H and O–H groups in total. The zero-order valence-corrected chi connectivity index (χ0v) is 17.8. The van der Waals surface area contributed by atoms with Gasteiger partial charge in [0.05, 0.1) is 5.69 Å². The number of rotatable bonds is 7. The van der Waals surface area contributed by atoms with E-state index >= 15 is 0 Å². The van der Waals surface area contributed by atoms with E-state index in [2.05, 4.69) is 64.8 Å². The third-order valence-electron chi connectivity index (χ3n) is 4.03. The zero-order valence-electron chi connectivity index (χ0n) is 15.5. The highest BCUT2D eigenvalue weighted by molar-refractivity contribution is 14.0. The predicted molar refractivity (Wildman–Crippen MR) is 114 cm³/mol. The first-order valence-electron chi connectivity index (χ1n) is 8.60. The molecular formula is C19H29IN4O. The standard InChI is InChI=1S/C19H28N4O.HI/c1-5-20-19(22-13-18-23-15(3)16(4)24-18)21-12-11-14(2)17-9-7-6-8-10-17;/h6-10,14H,5,11-13H2,1-4H3,(H2,20,21,22);1H. The van der Waals surface area contributed by atoms with Crippen LogP contribution < -0.4 is 10.6 Å². The molecule has 2 aromatic rings. The number of aliphatic imine (C=N–C) groups is 1. The van der Waals surface area contributed by atoms with Gasteiger partial charge in [-0.25, -0.2) is 9.98 Å². The van der Waals surface area contributed by atoms with Gasteiger partial charge in [0.2, 0.25) is 5.89 Å². The maximum Gasteiger partial charge on any atom is 0.216 e. The van der Waals surface area contributed by atoms with E-state index in [4.69, 9.17) is 4.42 Å². The normalized spacial score (nSPS) is 12.4. The molecule has 0 amide bonds. The first-order chi connectivity index (χ1) is 11.6. The van der Waals surface area contributed by atoms with Gasteiger partial charge in [0, 0.05) is 13.1 Å². The van der Waals surface area contributed by atoms with Crippen LogP contribution >= 0.6 is 24.0 Å². The molecule has 1 unspecified atom stereocenters. The fraction of sp³-hybridized carbons (Fsp3) is 0.474. The van der Waals surface area contributed by atoms with Crippen LogP contribution in [0.4, 0.5) is 0 Å². The molecule has 0 saturated carbocycles. The number of benzene rings is 1. The number of nitrogens with one attached hydrogen (secondary N) is 2.